The standard InChI is InChI=1S/C21H11BrClFN2O3S2/c22-17-10-14(29-20(17)31-15-6-4-11(23)5-7-15)9-16-18(27)25-21(30)26(19(16)28)13-3-1-2-12(24)8-13/h1-10H,(H,25,27,30)/b16-9+. The highest BCUT2D eigenvalue weighted by atomic mass is 79.9. The summed E-state index contributed by atoms with van der Waals surface area (Å²) in [6, 6.07) is 14.2. The molecule has 1 aromatic heterocycles. The van der Waals surface area contributed by atoms with E-state index in [4.69, 9.17) is 28.2 Å². The van der Waals surface area contributed by atoms with Crippen molar-refractivity contribution in [3.05, 3.63) is 81.2 Å². The van der Waals surface area contributed by atoms with Crippen molar-refractivity contribution < 1.29 is 18.4 Å². The van der Waals surface area contributed by atoms with Crippen LogP contribution in [0, 0.1) is 5.82 Å². The molecule has 2 amide bonds. The Morgan fingerprint density at radius 2 is 1.90 bits per heavy atom. The number of furan rings is 1. The topological polar surface area (TPSA) is 62.6 Å². The largest absolute Gasteiger partial charge is 0.449 e. The van der Waals surface area contributed by atoms with E-state index < -0.39 is 17.6 Å². The molecule has 10 heteroatoms. The van der Waals surface area contributed by atoms with Crippen molar-refractivity contribution in [3.8, 4) is 0 Å². The Bertz CT molecular complexity index is 1240. The lowest BCUT2D eigenvalue weighted by Gasteiger charge is -2.28. The fourth-order valence-corrected chi connectivity index (χ4v) is 4.51. The van der Waals surface area contributed by atoms with E-state index in [0.717, 1.165) is 15.9 Å². The van der Waals surface area contributed by atoms with Gasteiger partial charge in [0.05, 0.1) is 10.2 Å². The van der Waals surface area contributed by atoms with Crippen LogP contribution in [0.4, 0.5) is 10.1 Å². The van der Waals surface area contributed by atoms with E-state index in [0.29, 0.717) is 14.6 Å². The number of rotatable bonds is 4. The highest BCUT2D eigenvalue weighted by molar-refractivity contribution is 9.10. The molecule has 4 rings (SSSR count). The number of hydrogen-bond acceptors (Lipinski definition) is 5. The van der Waals surface area contributed by atoms with Crippen LogP contribution in [0.25, 0.3) is 6.08 Å². The highest BCUT2D eigenvalue weighted by Crippen LogP contribution is 2.37. The van der Waals surface area contributed by atoms with Gasteiger partial charge in [-0.05, 0) is 82.8 Å². The molecule has 1 aliphatic rings. The first kappa shape index (κ1) is 21.8. The maximum Gasteiger partial charge on any atom is 0.270 e. The molecular formula is C21H11BrClFN2O3S2. The van der Waals surface area contributed by atoms with E-state index in [1.165, 1.54) is 36.0 Å². The smallest absolute Gasteiger partial charge is 0.270 e. The number of amides is 2. The van der Waals surface area contributed by atoms with Crippen molar-refractivity contribution >= 4 is 80.2 Å². The van der Waals surface area contributed by atoms with Gasteiger partial charge in [0.2, 0.25) is 0 Å². The highest BCUT2D eigenvalue weighted by Gasteiger charge is 2.35. The zero-order valence-corrected chi connectivity index (χ0v) is 19.4. The van der Waals surface area contributed by atoms with Crippen LogP contribution in [0.5, 0.6) is 0 Å². The molecule has 1 fully saturated rings. The van der Waals surface area contributed by atoms with E-state index in [2.05, 4.69) is 21.2 Å². The van der Waals surface area contributed by atoms with Crippen LogP contribution in [0.2, 0.25) is 5.02 Å². The summed E-state index contributed by atoms with van der Waals surface area (Å²) in [6.07, 6.45) is 1.32. The van der Waals surface area contributed by atoms with Gasteiger partial charge in [-0.15, -0.1) is 0 Å². The monoisotopic (exact) mass is 536 g/mol. The maximum atomic E-state index is 13.6. The summed E-state index contributed by atoms with van der Waals surface area (Å²) in [5.74, 6) is -1.59. The average molecular weight is 538 g/mol. The molecule has 3 aromatic rings. The van der Waals surface area contributed by atoms with Crippen LogP contribution in [-0.2, 0) is 9.59 Å². The Balaban J connectivity index is 1.64. The summed E-state index contributed by atoms with van der Waals surface area (Å²) in [5, 5.41) is 3.48. The molecule has 1 aliphatic heterocycles. The Morgan fingerprint density at radius 3 is 2.61 bits per heavy atom. The van der Waals surface area contributed by atoms with Crippen molar-refractivity contribution in [1.29, 1.82) is 0 Å². The quantitative estimate of drug-likeness (QED) is 0.258. The van der Waals surface area contributed by atoms with Crippen molar-refractivity contribution in [3.63, 3.8) is 0 Å². The van der Waals surface area contributed by atoms with Gasteiger partial charge < -0.3 is 4.42 Å². The second-order valence-electron chi connectivity index (χ2n) is 6.28. The minimum Gasteiger partial charge on any atom is -0.449 e. The van der Waals surface area contributed by atoms with Crippen LogP contribution < -0.4 is 10.2 Å². The SMILES string of the molecule is O=C1NC(=S)N(c2cccc(F)c2)C(=O)/C1=C/c1cc(Br)c(Sc2ccc(Cl)cc2)o1. The Hall–Kier alpha value is -2.46. The number of anilines is 1. The Morgan fingerprint density at radius 1 is 1.16 bits per heavy atom. The molecule has 0 bridgehead atoms. The fraction of sp³-hybridized carbons (Fsp3) is 0. The Labute approximate surface area is 199 Å². The molecule has 0 unspecified atom stereocenters. The Kier molecular flexibility index (Phi) is 6.29. The van der Waals surface area contributed by atoms with Crippen molar-refractivity contribution in [1.82, 2.24) is 5.32 Å². The molecule has 0 saturated carbocycles. The van der Waals surface area contributed by atoms with Gasteiger partial charge in [-0.1, -0.05) is 29.4 Å². The summed E-state index contributed by atoms with van der Waals surface area (Å²) in [7, 11) is 0. The second kappa shape index (κ2) is 8.96. The van der Waals surface area contributed by atoms with E-state index in [1.807, 2.05) is 12.1 Å². The average Bonchev–Trinajstić information content (AvgIpc) is 3.06. The molecule has 0 atom stereocenters. The minimum absolute atomic E-state index is 0.127. The van der Waals surface area contributed by atoms with E-state index in [1.54, 1.807) is 18.2 Å². The molecule has 0 aliphatic carbocycles. The van der Waals surface area contributed by atoms with E-state index >= 15 is 0 Å². The zero-order valence-electron chi connectivity index (χ0n) is 15.4. The summed E-state index contributed by atoms with van der Waals surface area (Å²) in [4.78, 5) is 27.4. The molecule has 31 heavy (non-hydrogen) atoms. The first-order valence-electron chi connectivity index (χ1n) is 8.71. The normalized spacial score (nSPS) is 15.5. The van der Waals surface area contributed by atoms with E-state index in [-0.39, 0.29) is 22.1 Å². The number of carbonyl (C=O) groups excluding carboxylic acids is 2. The number of thiocarbonyl (C=S) groups is 1. The summed E-state index contributed by atoms with van der Waals surface area (Å²) >= 11 is 15.8. The first-order valence-corrected chi connectivity index (χ1v) is 11.1. The molecule has 0 radical (unpaired) electrons. The summed E-state index contributed by atoms with van der Waals surface area (Å²) in [5.41, 5.74) is 0.0164. The van der Waals surface area contributed by atoms with Crippen LogP contribution in [0.15, 0.2) is 79.0 Å². The van der Waals surface area contributed by atoms with Gasteiger partial charge >= 0.3 is 0 Å². The van der Waals surface area contributed by atoms with Crippen LogP contribution >= 0.6 is 51.5 Å². The van der Waals surface area contributed by atoms with Crippen molar-refractivity contribution in [2.75, 3.05) is 4.90 Å². The second-order valence-corrected chi connectivity index (χ2v) is 9.00. The van der Waals surface area contributed by atoms with Gasteiger partial charge in [0.25, 0.3) is 11.8 Å². The third-order valence-corrected chi connectivity index (χ3v) is 6.54. The molecular weight excluding hydrogens is 527 g/mol. The van der Waals surface area contributed by atoms with Gasteiger partial charge in [-0.25, -0.2) is 4.39 Å². The molecule has 5 nitrogen and oxygen atoms in total. The molecule has 0 spiro atoms. The summed E-state index contributed by atoms with van der Waals surface area (Å²) in [6.45, 7) is 0. The van der Waals surface area contributed by atoms with Crippen LogP contribution in [0.3, 0.4) is 0 Å². The lowest BCUT2D eigenvalue weighted by molar-refractivity contribution is -0.122. The number of benzene rings is 2. The maximum absolute atomic E-state index is 13.6. The molecule has 2 aromatic carbocycles. The lowest BCUT2D eigenvalue weighted by Crippen LogP contribution is -2.54. The van der Waals surface area contributed by atoms with Gasteiger partial charge in [-0.2, -0.15) is 0 Å². The predicted octanol–water partition coefficient (Wildman–Crippen LogP) is 5.82. The van der Waals surface area contributed by atoms with Crippen molar-refractivity contribution in [2.45, 2.75) is 9.99 Å². The molecule has 2 heterocycles. The van der Waals surface area contributed by atoms with Crippen molar-refractivity contribution in [2.24, 2.45) is 0 Å². The number of halogens is 3. The predicted molar refractivity (Wildman–Crippen MR) is 125 cm³/mol. The number of hydrogen-bond donors (Lipinski definition) is 1. The fourth-order valence-electron chi connectivity index (χ4n) is 2.77. The van der Waals surface area contributed by atoms with Crippen LogP contribution in [-0.4, -0.2) is 16.9 Å². The number of carbonyl (C=O) groups is 2. The van der Waals surface area contributed by atoms with Gasteiger partial charge in [0, 0.05) is 9.92 Å². The first-order chi connectivity index (χ1) is 14.8. The van der Waals surface area contributed by atoms with Gasteiger partial charge in [0.15, 0.2) is 10.2 Å². The summed E-state index contributed by atoms with van der Waals surface area (Å²) < 4.78 is 20.1. The van der Waals surface area contributed by atoms with Gasteiger partial charge in [0.1, 0.15) is 17.2 Å². The minimum atomic E-state index is -0.682. The third kappa shape index (κ3) is 4.74. The molecule has 1 saturated heterocycles. The number of nitrogens with zero attached hydrogens (tertiary/aromatic N) is 1. The number of nitrogens with one attached hydrogen (secondary N) is 1. The third-order valence-electron chi connectivity index (χ3n) is 4.15. The van der Waals surface area contributed by atoms with E-state index in [9.17, 15) is 14.0 Å². The lowest BCUT2D eigenvalue weighted by atomic mass is 10.1. The van der Waals surface area contributed by atoms with Crippen LogP contribution in [0.1, 0.15) is 5.76 Å². The zero-order chi connectivity index (χ0) is 22.1. The molecule has 1 N–H and O–H groups in total. The molecule has 156 valence electrons. The van der Waals surface area contributed by atoms with Gasteiger partial charge in [-0.3, -0.25) is 19.8 Å².